The van der Waals surface area contributed by atoms with E-state index in [1.807, 2.05) is 0 Å². The number of carbonyl (C=O) groups is 1. The van der Waals surface area contributed by atoms with Crippen molar-refractivity contribution in [2.45, 2.75) is 33.1 Å². The summed E-state index contributed by atoms with van der Waals surface area (Å²) in [6.07, 6.45) is 1.12. The van der Waals surface area contributed by atoms with Gasteiger partial charge in [-0.1, -0.05) is 13.8 Å². The Bertz CT molecular complexity index is 432. The molecule has 2 N–H and O–H groups in total. The van der Waals surface area contributed by atoms with Gasteiger partial charge in [0.2, 0.25) is 0 Å². The van der Waals surface area contributed by atoms with Crippen LogP contribution in [-0.4, -0.2) is 12.3 Å². The van der Waals surface area contributed by atoms with E-state index in [9.17, 15) is 13.6 Å². The predicted molar refractivity (Wildman–Crippen MR) is 71.7 cm³/mol. The predicted octanol–water partition coefficient (Wildman–Crippen LogP) is 3.09. The van der Waals surface area contributed by atoms with Crippen LogP contribution in [0.25, 0.3) is 0 Å². The fourth-order valence-electron chi connectivity index (χ4n) is 2.21. The number of halogens is 2. The Balaban J connectivity index is 2.61. The summed E-state index contributed by atoms with van der Waals surface area (Å²) >= 11 is 0. The number of hydrogen-bond donors (Lipinski definition) is 1. The van der Waals surface area contributed by atoms with Crippen LogP contribution in [-0.2, 0) is 11.2 Å². The minimum absolute atomic E-state index is 0.0712. The van der Waals surface area contributed by atoms with Crippen molar-refractivity contribution < 1.29 is 13.6 Å². The normalized spacial score (nSPS) is 12.7. The molecule has 2 nitrogen and oxygen atoms in total. The summed E-state index contributed by atoms with van der Waals surface area (Å²) in [4.78, 5) is 11.9. The van der Waals surface area contributed by atoms with Crippen molar-refractivity contribution >= 4 is 5.78 Å². The summed E-state index contributed by atoms with van der Waals surface area (Å²) in [5, 5.41) is 0. The first-order chi connectivity index (χ1) is 8.92. The second kappa shape index (κ2) is 7.34. The zero-order chi connectivity index (χ0) is 14.4. The minimum Gasteiger partial charge on any atom is -0.330 e. The molecule has 0 saturated heterocycles. The van der Waals surface area contributed by atoms with Crippen LogP contribution in [0.2, 0.25) is 0 Å². The number of carbonyl (C=O) groups excluding carboxylic acids is 1. The molecular formula is C15H21F2NO. The molecule has 0 aliphatic heterocycles. The molecule has 1 aromatic carbocycles. The standard InChI is InChI=1S/C15H21F2NO/c1-10(2)5-11(9-18)6-14(19)8-12-7-13(16)3-4-15(12)17/h3-4,7,10-11H,5-6,8-9,18H2,1-2H3. The molecule has 0 bridgehead atoms. The van der Waals surface area contributed by atoms with Crippen molar-refractivity contribution in [2.24, 2.45) is 17.6 Å². The van der Waals surface area contributed by atoms with Crippen LogP contribution in [0.1, 0.15) is 32.3 Å². The van der Waals surface area contributed by atoms with Crippen molar-refractivity contribution in [1.29, 1.82) is 0 Å². The highest BCUT2D eigenvalue weighted by Gasteiger charge is 2.16. The third-order valence-electron chi connectivity index (χ3n) is 3.05. The van der Waals surface area contributed by atoms with Crippen molar-refractivity contribution in [3.63, 3.8) is 0 Å². The molecule has 4 heteroatoms. The van der Waals surface area contributed by atoms with Gasteiger partial charge < -0.3 is 5.73 Å². The number of ketones is 1. The second-order valence-corrected chi connectivity index (χ2v) is 5.39. The van der Waals surface area contributed by atoms with Crippen LogP contribution >= 0.6 is 0 Å². The average Bonchev–Trinajstić information content (AvgIpc) is 2.32. The summed E-state index contributed by atoms with van der Waals surface area (Å²) < 4.78 is 26.4. The first-order valence-corrected chi connectivity index (χ1v) is 6.58. The molecule has 106 valence electrons. The van der Waals surface area contributed by atoms with E-state index in [1.54, 1.807) is 0 Å². The third-order valence-corrected chi connectivity index (χ3v) is 3.05. The third kappa shape index (κ3) is 5.47. The SMILES string of the molecule is CC(C)CC(CN)CC(=O)Cc1cc(F)ccc1F. The van der Waals surface area contributed by atoms with Gasteiger partial charge in [-0.05, 0) is 48.6 Å². The summed E-state index contributed by atoms with van der Waals surface area (Å²) in [5.41, 5.74) is 5.75. The van der Waals surface area contributed by atoms with Gasteiger partial charge in [-0.15, -0.1) is 0 Å². The van der Waals surface area contributed by atoms with Crippen molar-refractivity contribution in [2.75, 3.05) is 6.54 Å². The molecule has 1 atom stereocenters. The quantitative estimate of drug-likeness (QED) is 0.826. The lowest BCUT2D eigenvalue weighted by atomic mass is 9.91. The maximum absolute atomic E-state index is 13.4. The van der Waals surface area contributed by atoms with Gasteiger partial charge in [-0.25, -0.2) is 8.78 Å². The summed E-state index contributed by atoms with van der Waals surface area (Å²) in [7, 11) is 0. The van der Waals surface area contributed by atoms with E-state index in [0.717, 1.165) is 24.6 Å². The zero-order valence-electron chi connectivity index (χ0n) is 11.5. The van der Waals surface area contributed by atoms with Crippen LogP contribution in [0.5, 0.6) is 0 Å². The highest BCUT2D eigenvalue weighted by molar-refractivity contribution is 5.81. The number of nitrogens with two attached hydrogens (primary N) is 1. The van der Waals surface area contributed by atoms with E-state index >= 15 is 0 Å². The fraction of sp³-hybridized carbons (Fsp3) is 0.533. The van der Waals surface area contributed by atoms with Gasteiger partial charge in [0.25, 0.3) is 0 Å². The molecule has 0 aromatic heterocycles. The van der Waals surface area contributed by atoms with E-state index in [4.69, 9.17) is 5.73 Å². The van der Waals surface area contributed by atoms with Crippen molar-refractivity contribution in [1.82, 2.24) is 0 Å². The lowest BCUT2D eigenvalue weighted by molar-refractivity contribution is -0.119. The maximum Gasteiger partial charge on any atom is 0.137 e. The molecule has 1 unspecified atom stereocenters. The minimum atomic E-state index is -0.539. The zero-order valence-corrected chi connectivity index (χ0v) is 11.5. The van der Waals surface area contributed by atoms with Gasteiger partial charge in [-0.2, -0.15) is 0 Å². The molecule has 0 heterocycles. The summed E-state index contributed by atoms with van der Waals surface area (Å²) in [5.74, 6) is -0.582. The van der Waals surface area contributed by atoms with Crippen LogP contribution in [0.3, 0.4) is 0 Å². The Kier molecular flexibility index (Phi) is 6.09. The molecule has 0 radical (unpaired) electrons. The Morgan fingerprint density at radius 1 is 1.32 bits per heavy atom. The Labute approximate surface area is 113 Å². The first-order valence-electron chi connectivity index (χ1n) is 6.58. The average molecular weight is 269 g/mol. The first kappa shape index (κ1) is 15.8. The summed E-state index contributed by atoms with van der Waals surface area (Å²) in [6.45, 7) is 4.58. The summed E-state index contributed by atoms with van der Waals surface area (Å²) in [6, 6.07) is 3.17. The molecule has 0 spiro atoms. The Morgan fingerprint density at radius 2 is 2.00 bits per heavy atom. The molecule has 0 amide bonds. The van der Waals surface area contributed by atoms with E-state index in [-0.39, 0.29) is 23.7 Å². The smallest absolute Gasteiger partial charge is 0.137 e. The second-order valence-electron chi connectivity index (χ2n) is 5.39. The van der Waals surface area contributed by atoms with Crippen LogP contribution < -0.4 is 5.73 Å². The molecule has 0 fully saturated rings. The van der Waals surface area contributed by atoms with Crippen LogP contribution in [0.15, 0.2) is 18.2 Å². The number of Topliss-reactive ketones (excluding diaryl/α,β-unsaturated/α-hetero) is 1. The van der Waals surface area contributed by atoms with Gasteiger partial charge in [0.15, 0.2) is 0 Å². The van der Waals surface area contributed by atoms with Crippen LogP contribution in [0, 0.1) is 23.5 Å². The highest BCUT2D eigenvalue weighted by Crippen LogP contribution is 2.17. The van der Waals surface area contributed by atoms with E-state index in [1.165, 1.54) is 0 Å². The van der Waals surface area contributed by atoms with Crippen molar-refractivity contribution in [3.8, 4) is 0 Å². The number of hydrogen-bond acceptors (Lipinski definition) is 2. The molecular weight excluding hydrogens is 248 g/mol. The molecule has 0 saturated carbocycles. The van der Waals surface area contributed by atoms with Gasteiger partial charge in [-0.3, -0.25) is 4.79 Å². The largest absolute Gasteiger partial charge is 0.330 e. The topological polar surface area (TPSA) is 43.1 Å². The van der Waals surface area contributed by atoms with Gasteiger partial charge >= 0.3 is 0 Å². The molecule has 0 aliphatic rings. The lowest BCUT2D eigenvalue weighted by Gasteiger charge is -2.16. The number of benzene rings is 1. The lowest BCUT2D eigenvalue weighted by Crippen LogP contribution is -2.21. The Morgan fingerprint density at radius 3 is 2.58 bits per heavy atom. The molecule has 0 aliphatic carbocycles. The van der Waals surface area contributed by atoms with Gasteiger partial charge in [0.1, 0.15) is 17.4 Å². The molecule has 1 rings (SSSR count). The van der Waals surface area contributed by atoms with Crippen LogP contribution in [0.4, 0.5) is 8.78 Å². The number of rotatable bonds is 7. The maximum atomic E-state index is 13.4. The van der Waals surface area contributed by atoms with E-state index < -0.39 is 11.6 Å². The van der Waals surface area contributed by atoms with Gasteiger partial charge in [0, 0.05) is 12.8 Å². The van der Waals surface area contributed by atoms with Gasteiger partial charge in [0.05, 0.1) is 0 Å². The fourth-order valence-corrected chi connectivity index (χ4v) is 2.21. The Hall–Kier alpha value is -1.29. The molecule has 19 heavy (non-hydrogen) atoms. The highest BCUT2D eigenvalue weighted by atomic mass is 19.1. The van der Waals surface area contributed by atoms with E-state index in [0.29, 0.717) is 18.9 Å². The van der Waals surface area contributed by atoms with Crippen molar-refractivity contribution in [3.05, 3.63) is 35.4 Å². The monoisotopic (exact) mass is 269 g/mol. The van der Waals surface area contributed by atoms with E-state index in [2.05, 4.69) is 13.8 Å². The molecule has 1 aromatic rings.